The molecular weight excluding hydrogens is 250 g/mol. The van der Waals surface area contributed by atoms with Crippen LogP contribution in [0.25, 0.3) is 0 Å². The minimum atomic E-state index is -0.305. The zero-order chi connectivity index (χ0) is 14.4. The molecule has 2 N–H and O–H groups in total. The molecule has 0 radical (unpaired) electrons. The minimum Gasteiger partial charge on any atom is -0.457 e. The third kappa shape index (κ3) is 4.21. The number of esters is 1. The van der Waals surface area contributed by atoms with E-state index in [4.69, 9.17) is 10.5 Å². The van der Waals surface area contributed by atoms with E-state index < -0.39 is 0 Å². The predicted octanol–water partition coefficient (Wildman–Crippen LogP) is 2.93. The maximum Gasteiger partial charge on any atom is 0.338 e. The van der Waals surface area contributed by atoms with Crippen LogP contribution in [-0.4, -0.2) is 12.0 Å². The quantitative estimate of drug-likeness (QED) is 0.849. The fraction of sp³-hybridized carbons (Fsp3) is 0.235. The van der Waals surface area contributed by atoms with E-state index in [-0.39, 0.29) is 18.6 Å². The van der Waals surface area contributed by atoms with Gasteiger partial charge in [0, 0.05) is 6.04 Å². The van der Waals surface area contributed by atoms with Crippen molar-refractivity contribution < 1.29 is 9.53 Å². The monoisotopic (exact) mass is 269 g/mol. The van der Waals surface area contributed by atoms with Crippen LogP contribution in [0.2, 0.25) is 0 Å². The number of benzene rings is 2. The summed E-state index contributed by atoms with van der Waals surface area (Å²) in [6.07, 6.45) is 0.750. The lowest BCUT2D eigenvalue weighted by atomic mass is 10.0. The molecule has 0 amide bonds. The number of ether oxygens (including phenoxy) is 1. The second-order valence-corrected chi connectivity index (χ2v) is 4.94. The molecule has 1 atom stereocenters. The van der Waals surface area contributed by atoms with Crippen molar-refractivity contribution in [1.82, 2.24) is 0 Å². The maximum atomic E-state index is 12.0. The van der Waals surface area contributed by atoms with E-state index in [0.717, 1.165) is 17.5 Å². The highest BCUT2D eigenvalue weighted by Gasteiger charge is 2.08. The average Bonchev–Trinajstić information content (AvgIpc) is 2.45. The molecule has 3 nitrogen and oxygen atoms in total. The summed E-state index contributed by atoms with van der Waals surface area (Å²) in [5, 5.41) is 0. The highest BCUT2D eigenvalue weighted by Crippen LogP contribution is 2.10. The van der Waals surface area contributed by atoms with E-state index in [0.29, 0.717) is 5.56 Å². The Morgan fingerprint density at radius 2 is 1.80 bits per heavy atom. The molecule has 0 heterocycles. The van der Waals surface area contributed by atoms with Crippen LogP contribution in [0.3, 0.4) is 0 Å². The number of carbonyl (C=O) groups excluding carboxylic acids is 1. The van der Waals surface area contributed by atoms with Gasteiger partial charge in [0.2, 0.25) is 0 Å². The lowest BCUT2D eigenvalue weighted by Gasteiger charge is -2.08. The Morgan fingerprint density at radius 3 is 2.50 bits per heavy atom. The van der Waals surface area contributed by atoms with Gasteiger partial charge in [0.25, 0.3) is 0 Å². The molecule has 0 aliphatic carbocycles. The smallest absolute Gasteiger partial charge is 0.338 e. The Hall–Kier alpha value is -2.13. The highest BCUT2D eigenvalue weighted by atomic mass is 16.5. The van der Waals surface area contributed by atoms with Crippen molar-refractivity contribution >= 4 is 5.97 Å². The van der Waals surface area contributed by atoms with Crippen molar-refractivity contribution in [2.75, 3.05) is 0 Å². The van der Waals surface area contributed by atoms with Crippen molar-refractivity contribution in [3.63, 3.8) is 0 Å². The van der Waals surface area contributed by atoms with Gasteiger partial charge in [0.1, 0.15) is 6.61 Å². The van der Waals surface area contributed by atoms with Gasteiger partial charge >= 0.3 is 5.97 Å². The molecule has 104 valence electrons. The Balaban J connectivity index is 1.98. The summed E-state index contributed by atoms with van der Waals surface area (Å²) in [4.78, 5) is 12.0. The van der Waals surface area contributed by atoms with Crippen LogP contribution in [0.15, 0.2) is 54.6 Å². The van der Waals surface area contributed by atoms with Crippen LogP contribution in [-0.2, 0) is 17.8 Å². The Labute approximate surface area is 119 Å². The minimum absolute atomic E-state index is 0.0746. The summed E-state index contributed by atoms with van der Waals surface area (Å²) in [7, 11) is 0. The second-order valence-electron chi connectivity index (χ2n) is 4.94. The van der Waals surface area contributed by atoms with Crippen molar-refractivity contribution in [2.24, 2.45) is 5.73 Å². The first-order valence-electron chi connectivity index (χ1n) is 6.71. The van der Waals surface area contributed by atoms with Crippen LogP contribution in [0, 0.1) is 0 Å². The van der Waals surface area contributed by atoms with E-state index >= 15 is 0 Å². The maximum absolute atomic E-state index is 12.0. The highest BCUT2D eigenvalue weighted by molar-refractivity contribution is 5.89. The van der Waals surface area contributed by atoms with Gasteiger partial charge in [-0.2, -0.15) is 0 Å². The van der Waals surface area contributed by atoms with Crippen LogP contribution in [0.4, 0.5) is 0 Å². The molecule has 3 heteroatoms. The van der Waals surface area contributed by atoms with Crippen LogP contribution < -0.4 is 5.73 Å². The molecule has 1 unspecified atom stereocenters. The van der Waals surface area contributed by atoms with Crippen molar-refractivity contribution in [2.45, 2.75) is 26.0 Å². The molecule has 2 aromatic rings. The number of hydrogen-bond acceptors (Lipinski definition) is 3. The molecule has 2 rings (SSSR count). The Morgan fingerprint density at radius 1 is 1.10 bits per heavy atom. The number of carbonyl (C=O) groups is 1. The summed E-state index contributed by atoms with van der Waals surface area (Å²) >= 11 is 0. The van der Waals surface area contributed by atoms with Gasteiger partial charge in [-0.15, -0.1) is 0 Å². The van der Waals surface area contributed by atoms with Gasteiger partial charge in [0.05, 0.1) is 5.56 Å². The predicted molar refractivity (Wildman–Crippen MR) is 79.4 cm³/mol. The third-order valence-electron chi connectivity index (χ3n) is 2.93. The van der Waals surface area contributed by atoms with Gasteiger partial charge in [-0.1, -0.05) is 42.5 Å². The summed E-state index contributed by atoms with van der Waals surface area (Å²) in [6, 6.07) is 17.1. The summed E-state index contributed by atoms with van der Waals surface area (Å²) in [5.41, 5.74) is 8.37. The first-order valence-corrected chi connectivity index (χ1v) is 6.71. The zero-order valence-corrected chi connectivity index (χ0v) is 11.6. The molecule has 0 aliphatic heterocycles. The second kappa shape index (κ2) is 6.87. The molecule has 0 aromatic heterocycles. The van der Waals surface area contributed by atoms with Crippen molar-refractivity contribution in [1.29, 1.82) is 0 Å². The fourth-order valence-corrected chi connectivity index (χ4v) is 2.00. The molecule has 0 fully saturated rings. The van der Waals surface area contributed by atoms with Gasteiger partial charge in [-0.05, 0) is 36.6 Å². The summed E-state index contributed by atoms with van der Waals surface area (Å²) in [5.74, 6) is -0.305. The van der Waals surface area contributed by atoms with E-state index in [1.165, 1.54) is 0 Å². The molecule has 0 spiro atoms. The first kappa shape index (κ1) is 14.3. The zero-order valence-electron chi connectivity index (χ0n) is 11.6. The molecular formula is C17H19NO2. The van der Waals surface area contributed by atoms with E-state index in [1.807, 2.05) is 55.5 Å². The first-order chi connectivity index (χ1) is 9.65. The van der Waals surface area contributed by atoms with Gasteiger partial charge < -0.3 is 10.5 Å². The molecule has 0 saturated heterocycles. The number of hydrogen-bond donors (Lipinski definition) is 1. The van der Waals surface area contributed by atoms with E-state index in [2.05, 4.69) is 0 Å². The Kier molecular flexibility index (Phi) is 4.91. The largest absolute Gasteiger partial charge is 0.457 e. The molecule has 20 heavy (non-hydrogen) atoms. The SMILES string of the molecule is CC(N)Cc1cccc(C(=O)OCc2ccccc2)c1. The van der Waals surface area contributed by atoms with Gasteiger partial charge in [-0.3, -0.25) is 0 Å². The lowest BCUT2D eigenvalue weighted by molar-refractivity contribution is 0.0472. The topological polar surface area (TPSA) is 52.3 Å². The van der Waals surface area contributed by atoms with Crippen LogP contribution >= 0.6 is 0 Å². The fourth-order valence-electron chi connectivity index (χ4n) is 2.00. The molecule has 0 bridgehead atoms. The van der Waals surface area contributed by atoms with E-state index in [9.17, 15) is 4.79 Å². The molecule has 0 aliphatic rings. The van der Waals surface area contributed by atoms with Crippen LogP contribution in [0.1, 0.15) is 28.4 Å². The number of nitrogens with two attached hydrogens (primary N) is 1. The average molecular weight is 269 g/mol. The van der Waals surface area contributed by atoms with Gasteiger partial charge in [0.15, 0.2) is 0 Å². The van der Waals surface area contributed by atoms with Crippen molar-refractivity contribution in [3.05, 3.63) is 71.3 Å². The standard InChI is InChI=1S/C17H19NO2/c1-13(18)10-15-8-5-9-16(11-15)17(19)20-12-14-6-3-2-4-7-14/h2-9,11,13H,10,12,18H2,1H3. The third-order valence-corrected chi connectivity index (χ3v) is 2.93. The summed E-state index contributed by atoms with van der Waals surface area (Å²) < 4.78 is 5.30. The van der Waals surface area contributed by atoms with Crippen LogP contribution in [0.5, 0.6) is 0 Å². The molecule has 2 aromatic carbocycles. The normalized spacial score (nSPS) is 11.9. The Bertz CT molecular complexity index is 564. The van der Waals surface area contributed by atoms with E-state index in [1.54, 1.807) is 6.07 Å². The molecule has 0 saturated carbocycles. The lowest BCUT2D eigenvalue weighted by Crippen LogP contribution is -2.18. The number of rotatable bonds is 5. The van der Waals surface area contributed by atoms with Crippen molar-refractivity contribution in [3.8, 4) is 0 Å². The van der Waals surface area contributed by atoms with Gasteiger partial charge in [-0.25, -0.2) is 4.79 Å². The summed E-state index contributed by atoms with van der Waals surface area (Å²) in [6.45, 7) is 2.23.